The lowest BCUT2D eigenvalue weighted by Gasteiger charge is -2.05. The molecule has 0 fully saturated rings. The van der Waals surface area contributed by atoms with E-state index in [1.807, 2.05) is 23.9 Å². The van der Waals surface area contributed by atoms with Crippen LogP contribution in [0.2, 0.25) is 0 Å². The molecule has 1 N–H and O–H groups in total. The van der Waals surface area contributed by atoms with E-state index in [4.69, 9.17) is 8.83 Å². The molecule has 0 unspecified atom stereocenters. The number of benzene rings is 1. The second-order valence-electron chi connectivity index (χ2n) is 6.27. The van der Waals surface area contributed by atoms with E-state index < -0.39 is 0 Å². The first-order valence-electron chi connectivity index (χ1n) is 8.37. The second-order valence-corrected chi connectivity index (χ2v) is 7.92. The predicted octanol–water partition coefficient (Wildman–Crippen LogP) is 4.62. The van der Waals surface area contributed by atoms with Gasteiger partial charge in [0, 0.05) is 10.1 Å². The lowest BCUT2D eigenvalue weighted by Crippen LogP contribution is -2.12. The summed E-state index contributed by atoms with van der Waals surface area (Å²) in [6.45, 7) is 7.86. The van der Waals surface area contributed by atoms with Crippen LogP contribution in [0.4, 0.5) is 6.01 Å². The summed E-state index contributed by atoms with van der Waals surface area (Å²) in [7, 11) is 0. The summed E-state index contributed by atoms with van der Waals surface area (Å²) in [6, 6.07) is 10.0. The number of nitrogens with one attached hydrogen (secondary N) is 1. The Morgan fingerprint density at radius 1 is 1.15 bits per heavy atom. The van der Waals surface area contributed by atoms with Gasteiger partial charge in [-0.25, -0.2) is 0 Å². The van der Waals surface area contributed by atoms with E-state index >= 15 is 0 Å². The van der Waals surface area contributed by atoms with Gasteiger partial charge in [-0.3, -0.25) is 10.1 Å². The van der Waals surface area contributed by atoms with Crippen molar-refractivity contribution in [3.05, 3.63) is 58.9 Å². The molecule has 3 rings (SSSR count). The molecule has 0 aliphatic heterocycles. The highest BCUT2D eigenvalue weighted by atomic mass is 32.2. The lowest BCUT2D eigenvalue weighted by molar-refractivity contribution is 0.102. The van der Waals surface area contributed by atoms with E-state index in [9.17, 15) is 4.79 Å². The molecule has 7 heteroatoms. The summed E-state index contributed by atoms with van der Waals surface area (Å²) in [4.78, 5) is 13.5. The van der Waals surface area contributed by atoms with Crippen molar-refractivity contribution >= 4 is 23.7 Å². The molecule has 0 aliphatic rings. The largest absolute Gasteiger partial charge is 0.466 e. The zero-order chi connectivity index (χ0) is 18.7. The smallest absolute Gasteiger partial charge is 0.322 e. The molecule has 0 atom stereocenters. The van der Waals surface area contributed by atoms with Crippen molar-refractivity contribution in [2.75, 3.05) is 5.32 Å². The topological polar surface area (TPSA) is 81.2 Å². The van der Waals surface area contributed by atoms with E-state index in [1.54, 1.807) is 19.9 Å². The molecule has 3 aromatic rings. The number of nitrogens with zero attached hydrogens (tertiary/aromatic N) is 2. The average molecular weight is 371 g/mol. The molecule has 2 aromatic heterocycles. The Labute approximate surface area is 156 Å². The van der Waals surface area contributed by atoms with Crippen molar-refractivity contribution in [1.82, 2.24) is 10.2 Å². The third-order valence-corrected chi connectivity index (χ3v) is 4.64. The van der Waals surface area contributed by atoms with Crippen LogP contribution < -0.4 is 5.32 Å². The Morgan fingerprint density at radius 2 is 1.88 bits per heavy atom. The highest BCUT2D eigenvalue weighted by Gasteiger charge is 2.16. The molecule has 0 saturated heterocycles. The number of aryl methyl sites for hydroxylation is 2. The van der Waals surface area contributed by atoms with Crippen LogP contribution >= 0.6 is 11.8 Å². The first-order chi connectivity index (χ1) is 12.4. The van der Waals surface area contributed by atoms with Gasteiger partial charge < -0.3 is 8.83 Å². The minimum atomic E-state index is -0.329. The third kappa shape index (κ3) is 4.54. The predicted molar refractivity (Wildman–Crippen MR) is 101 cm³/mol. The van der Waals surface area contributed by atoms with Gasteiger partial charge in [0.2, 0.25) is 5.89 Å². The normalized spacial score (nSPS) is 11.1. The van der Waals surface area contributed by atoms with Gasteiger partial charge in [0.1, 0.15) is 11.5 Å². The molecule has 136 valence electrons. The molecule has 26 heavy (non-hydrogen) atoms. The lowest BCUT2D eigenvalue weighted by atomic mass is 10.1. The second kappa shape index (κ2) is 7.78. The molecular weight excluding hydrogens is 350 g/mol. The molecule has 0 saturated carbocycles. The maximum Gasteiger partial charge on any atom is 0.322 e. The van der Waals surface area contributed by atoms with E-state index in [1.165, 1.54) is 4.90 Å². The Bertz CT molecular complexity index is 897. The van der Waals surface area contributed by atoms with Crippen LogP contribution in [0.25, 0.3) is 0 Å². The van der Waals surface area contributed by atoms with Gasteiger partial charge in [-0.05, 0) is 37.6 Å². The number of anilines is 1. The van der Waals surface area contributed by atoms with Crippen LogP contribution in [-0.4, -0.2) is 21.4 Å². The van der Waals surface area contributed by atoms with Crippen LogP contribution in [0.15, 0.2) is 44.1 Å². The zero-order valence-corrected chi connectivity index (χ0v) is 16.0. The highest BCUT2D eigenvalue weighted by molar-refractivity contribution is 7.99. The highest BCUT2D eigenvalue weighted by Crippen LogP contribution is 2.23. The van der Waals surface area contributed by atoms with Crippen LogP contribution in [0.1, 0.15) is 47.2 Å². The first kappa shape index (κ1) is 18.3. The van der Waals surface area contributed by atoms with E-state index in [2.05, 4.69) is 41.5 Å². The number of thioether (sulfide) groups is 1. The third-order valence-electron chi connectivity index (χ3n) is 3.62. The monoisotopic (exact) mass is 371 g/mol. The Balaban J connectivity index is 1.62. The number of carbonyl (C=O) groups excluding carboxylic acids is 1. The Morgan fingerprint density at radius 3 is 2.50 bits per heavy atom. The van der Waals surface area contributed by atoms with Gasteiger partial charge in [0.05, 0.1) is 12.0 Å². The van der Waals surface area contributed by atoms with Crippen molar-refractivity contribution in [2.45, 2.75) is 44.3 Å². The quantitative estimate of drug-likeness (QED) is 0.637. The number of aromatic nitrogens is 2. The fourth-order valence-corrected chi connectivity index (χ4v) is 3.37. The molecule has 0 radical (unpaired) electrons. The molecule has 2 heterocycles. The van der Waals surface area contributed by atoms with Crippen LogP contribution in [0, 0.1) is 13.8 Å². The molecule has 1 aromatic carbocycles. The molecular formula is C19H21N3O3S. The van der Waals surface area contributed by atoms with Gasteiger partial charge in [-0.15, -0.1) is 16.9 Å². The van der Waals surface area contributed by atoms with Crippen LogP contribution in [0.3, 0.4) is 0 Å². The average Bonchev–Trinajstić information content (AvgIpc) is 3.14. The molecule has 0 aliphatic carbocycles. The molecule has 1 amide bonds. The summed E-state index contributed by atoms with van der Waals surface area (Å²) >= 11 is 1.82. The number of hydrogen-bond donors (Lipinski definition) is 1. The minimum Gasteiger partial charge on any atom is -0.466 e. The first-order valence-corrected chi connectivity index (χ1v) is 9.25. The van der Waals surface area contributed by atoms with E-state index in [-0.39, 0.29) is 11.9 Å². The van der Waals surface area contributed by atoms with Crippen molar-refractivity contribution in [1.29, 1.82) is 0 Å². The van der Waals surface area contributed by atoms with E-state index in [0.717, 1.165) is 5.56 Å². The minimum absolute atomic E-state index is 0.0789. The molecule has 0 bridgehead atoms. The van der Waals surface area contributed by atoms with Gasteiger partial charge >= 0.3 is 6.01 Å². The maximum absolute atomic E-state index is 12.2. The van der Waals surface area contributed by atoms with Crippen molar-refractivity contribution in [3.8, 4) is 0 Å². The summed E-state index contributed by atoms with van der Waals surface area (Å²) in [5, 5.41) is 11.0. The zero-order valence-electron chi connectivity index (χ0n) is 15.2. The van der Waals surface area contributed by atoms with E-state index in [0.29, 0.717) is 34.6 Å². The van der Waals surface area contributed by atoms with Crippen molar-refractivity contribution in [2.24, 2.45) is 0 Å². The number of amides is 1. The fourth-order valence-electron chi connectivity index (χ4n) is 2.53. The van der Waals surface area contributed by atoms with Crippen molar-refractivity contribution in [3.63, 3.8) is 0 Å². The molecule has 6 nitrogen and oxygen atoms in total. The van der Waals surface area contributed by atoms with Gasteiger partial charge in [0.25, 0.3) is 5.91 Å². The Hall–Kier alpha value is -2.54. The summed E-state index contributed by atoms with van der Waals surface area (Å²) in [6.07, 6.45) is 0.513. The van der Waals surface area contributed by atoms with Gasteiger partial charge in [-0.1, -0.05) is 31.1 Å². The SMILES string of the molecule is Cc1cc(C(=O)Nc2nnc(Cc3ccc(SC(C)C)cc3)o2)c(C)o1. The standard InChI is InChI=1S/C19H21N3O3S/c1-11(2)26-15-7-5-14(6-8-15)10-17-21-22-19(25-17)20-18(23)16-9-12(3)24-13(16)4/h5-9,11H,10H2,1-4H3,(H,20,22,23). The number of rotatable bonds is 6. The van der Waals surface area contributed by atoms with Gasteiger partial charge in [-0.2, -0.15) is 0 Å². The number of furan rings is 1. The van der Waals surface area contributed by atoms with Crippen LogP contribution in [-0.2, 0) is 6.42 Å². The molecule has 0 spiro atoms. The Kier molecular flexibility index (Phi) is 5.46. The maximum atomic E-state index is 12.2. The van der Waals surface area contributed by atoms with Gasteiger partial charge in [0.15, 0.2) is 0 Å². The number of carbonyl (C=O) groups is 1. The van der Waals surface area contributed by atoms with Crippen LogP contribution in [0.5, 0.6) is 0 Å². The summed E-state index contributed by atoms with van der Waals surface area (Å²) in [5.41, 5.74) is 1.53. The van der Waals surface area contributed by atoms with Crippen molar-refractivity contribution < 1.29 is 13.6 Å². The number of hydrogen-bond acceptors (Lipinski definition) is 6. The summed E-state index contributed by atoms with van der Waals surface area (Å²) in [5.74, 6) is 1.35. The fraction of sp³-hybridized carbons (Fsp3) is 0.316. The summed E-state index contributed by atoms with van der Waals surface area (Å²) < 4.78 is 10.9.